The van der Waals surface area contributed by atoms with Crippen LogP contribution in [-0.2, 0) is 16.1 Å². The van der Waals surface area contributed by atoms with Gasteiger partial charge in [-0.2, -0.15) is 0 Å². The number of amides is 1. The van der Waals surface area contributed by atoms with Gasteiger partial charge in [0.15, 0.2) is 17.4 Å². The van der Waals surface area contributed by atoms with Gasteiger partial charge in [0, 0.05) is 30.2 Å². The second-order valence-corrected chi connectivity index (χ2v) is 8.35. The Labute approximate surface area is 189 Å². The number of ether oxygens (including phenoxy) is 2. The number of rotatable bonds is 8. The number of nitrogens with zero attached hydrogens (tertiary/aromatic N) is 2. The van der Waals surface area contributed by atoms with Crippen LogP contribution in [0.4, 0.5) is 18.9 Å². The van der Waals surface area contributed by atoms with E-state index in [1.807, 2.05) is 0 Å². The highest BCUT2D eigenvalue weighted by Crippen LogP contribution is 2.60. The van der Waals surface area contributed by atoms with Crippen LogP contribution in [0, 0.1) is 35.8 Å². The highest BCUT2D eigenvalue weighted by molar-refractivity contribution is 5.95. The molecule has 2 aliphatic carbocycles. The Kier molecular flexibility index (Phi) is 6.51. The van der Waals surface area contributed by atoms with Crippen LogP contribution in [0.5, 0.6) is 5.75 Å². The molecule has 3 atom stereocenters. The molecule has 4 rings (SSSR count). The van der Waals surface area contributed by atoms with Gasteiger partial charge in [-0.25, -0.2) is 23.1 Å². The van der Waals surface area contributed by atoms with E-state index in [0.717, 1.165) is 12.1 Å². The Bertz CT molecular complexity index is 1120. The molecule has 33 heavy (non-hydrogen) atoms. The summed E-state index contributed by atoms with van der Waals surface area (Å²) in [6.45, 7) is 2.18. The Hall–Kier alpha value is -3.20. The van der Waals surface area contributed by atoms with Crippen molar-refractivity contribution in [3.05, 3.63) is 71.6 Å². The topological polar surface area (TPSA) is 73.3 Å². The van der Waals surface area contributed by atoms with Crippen LogP contribution < -0.4 is 10.1 Å². The summed E-state index contributed by atoms with van der Waals surface area (Å²) in [6, 6.07) is 3.20. The molecule has 1 heterocycles. The molecule has 0 radical (unpaired) electrons. The van der Waals surface area contributed by atoms with Crippen LogP contribution in [0.1, 0.15) is 24.4 Å². The second-order valence-electron chi connectivity index (χ2n) is 8.35. The average molecular weight is 459 g/mol. The molecule has 0 aliphatic heterocycles. The highest BCUT2D eigenvalue weighted by atomic mass is 19.2. The standard InChI is InChI=1S/C24H24F3N3O3/c1-14-28-11-22(21(29-14)12-32-2)33-13-24(15-3-5-16(25)6-4-15)10-18(24)23(31)30-17-7-8-19(26)20(27)9-17/h3,5-9,11,15,18H,4,10,12-13H2,1-2H3,(H,30,31)/t15?,18-,24+/m0/s1. The van der Waals surface area contributed by atoms with Gasteiger partial charge in [-0.3, -0.25) is 4.79 Å². The number of methoxy groups -OCH3 is 1. The average Bonchev–Trinajstić information content (AvgIpc) is 3.52. The smallest absolute Gasteiger partial charge is 0.228 e. The number of aryl methyl sites for hydroxylation is 1. The fourth-order valence-electron chi connectivity index (χ4n) is 4.25. The molecule has 1 N–H and O–H groups in total. The number of nitrogens with one attached hydrogen (secondary N) is 1. The lowest BCUT2D eigenvalue weighted by Crippen LogP contribution is -2.29. The molecule has 1 saturated carbocycles. The van der Waals surface area contributed by atoms with Gasteiger partial charge in [0.05, 0.1) is 19.4 Å². The molecule has 6 nitrogen and oxygen atoms in total. The molecule has 1 amide bonds. The Morgan fingerprint density at radius 2 is 2.09 bits per heavy atom. The summed E-state index contributed by atoms with van der Waals surface area (Å²) in [5, 5.41) is 2.65. The molecule has 0 saturated heterocycles. The van der Waals surface area contributed by atoms with E-state index in [1.165, 1.54) is 18.2 Å². The fraction of sp³-hybridized carbons (Fsp3) is 0.375. The number of benzene rings is 1. The molecular weight excluding hydrogens is 435 g/mol. The van der Waals surface area contributed by atoms with Gasteiger partial charge in [-0.15, -0.1) is 0 Å². The highest BCUT2D eigenvalue weighted by Gasteiger charge is 2.62. The minimum atomic E-state index is -1.04. The number of allylic oxidation sites excluding steroid dienone is 4. The molecule has 174 valence electrons. The largest absolute Gasteiger partial charge is 0.489 e. The van der Waals surface area contributed by atoms with Gasteiger partial charge in [-0.1, -0.05) is 6.08 Å². The summed E-state index contributed by atoms with van der Waals surface area (Å²) in [5.41, 5.74) is 0.166. The van der Waals surface area contributed by atoms with Crippen LogP contribution >= 0.6 is 0 Å². The van der Waals surface area contributed by atoms with Gasteiger partial charge in [0.25, 0.3) is 0 Å². The van der Waals surface area contributed by atoms with E-state index in [0.29, 0.717) is 30.1 Å². The number of anilines is 1. The van der Waals surface area contributed by atoms with Gasteiger partial charge in [0.2, 0.25) is 5.91 Å². The van der Waals surface area contributed by atoms with Crippen LogP contribution in [0.15, 0.2) is 48.5 Å². The van der Waals surface area contributed by atoms with Gasteiger partial charge in [-0.05, 0) is 50.0 Å². The van der Waals surface area contributed by atoms with Crippen molar-refractivity contribution >= 4 is 11.6 Å². The van der Waals surface area contributed by atoms with E-state index in [4.69, 9.17) is 9.47 Å². The van der Waals surface area contributed by atoms with Crippen molar-refractivity contribution in [2.45, 2.75) is 26.4 Å². The summed E-state index contributed by atoms with van der Waals surface area (Å²) in [5.74, 6) is -2.23. The van der Waals surface area contributed by atoms with Gasteiger partial charge < -0.3 is 14.8 Å². The van der Waals surface area contributed by atoms with E-state index >= 15 is 0 Å². The molecule has 1 aromatic heterocycles. The molecular formula is C24H24F3N3O3. The van der Waals surface area contributed by atoms with Crippen LogP contribution in [-0.4, -0.2) is 29.6 Å². The van der Waals surface area contributed by atoms with E-state index in [9.17, 15) is 18.0 Å². The lowest BCUT2D eigenvalue weighted by Gasteiger charge is -2.27. The predicted octanol–water partition coefficient (Wildman–Crippen LogP) is 4.66. The molecule has 1 unspecified atom stereocenters. The van der Waals surface area contributed by atoms with Crippen LogP contribution in [0.2, 0.25) is 0 Å². The first-order chi connectivity index (χ1) is 15.8. The van der Waals surface area contributed by atoms with Crippen molar-refractivity contribution in [1.29, 1.82) is 0 Å². The van der Waals surface area contributed by atoms with Crippen molar-refractivity contribution in [2.75, 3.05) is 19.0 Å². The van der Waals surface area contributed by atoms with Crippen molar-refractivity contribution < 1.29 is 27.4 Å². The van der Waals surface area contributed by atoms with Crippen molar-refractivity contribution in [2.24, 2.45) is 17.3 Å². The number of carbonyl (C=O) groups is 1. The number of hydrogen-bond acceptors (Lipinski definition) is 5. The number of carbonyl (C=O) groups excluding carboxylic acids is 1. The third-order valence-electron chi connectivity index (χ3n) is 6.14. The Morgan fingerprint density at radius 3 is 2.79 bits per heavy atom. The molecule has 2 aromatic rings. The normalized spacial score (nSPS) is 23.7. The second kappa shape index (κ2) is 9.35. The predicted molar refractivity (Wildman–Crippen MR) is 115 cm³/mol. The lowest BCUT2D eigenvalue weighted by molar-refractivity contribution is -0.118. The third kappa shape index (κ3) is 4.93. The summed E-state index contributed by atoms with van der Waals surface area (Å²) < 4.78 is 51.6. The molecule has 1 aromatic carbocycles. The molecule has 0 bridgehead atoms. The number of halogens is 3. The van der Waals surface area contributed by atoms with Crippen LogP contribution in [0.3, 0.4) is 0 Å². The first-order valence-electron chi connectivity index (χ1n) is 10.6. The van der Waals surface area contributed by atoms with E-state index in [2.05, 4.69) is 15.3 Å². The Balaban J connectivity index is 1.53. The van der Waals surface area contributed by atoms with Gasteiger partial charge >= 0.3 is 0 Å². The summed E-state index contributed by atoms with van der Waals surface area (Å²) in [7, 11) is 1.55. The summed E-state index contributed by atoms with van der Waals surface area (Å²) in [6.07, 6.45) is 7.13. The monoisotopic (exact) mass is 459 g/mol. The maximum atomic E-state index is 13.6. The molecule has 1 fully saturated rings. The van der Waals surface area contributed by atoms with Crippen molar-refractivity contribution in [3.8, 4) is 5.75 Å². The van der Waals surface area contributed by atoms with Crippen LogP contribution in [0.25, 0.3) is 0 Å². The van der Waals surface area contributed by atoms with Crippen molar-refractivity contribution in [3.63, 3.8) is 0 Å². The summed E-state index contributed by atoms with van der Waals surface area (Å²) in [4.78, 5) is 21.5. The maximum Gasteiger partial charge on any atom is 0.228 e. The number of aromatic nitrogens is 2. The lowest BCUT2D eigenvalue weighted by atomic mass is 9.82. The quantitative estimate of drug-likeness (QED) is 0.622. The van der Waals surface area contributed by atoms with Crippen molar-refractivity contribution in [1.82, 2.24) is 9.97 Å². The first kappa shape index (κ1) is 23.0. The zero-order valence-corrected chi connectivity index (χ0v) is 18.3. The fourth-order valence-corrected chi connectivity index (χ4v) is 4.25. The SMILES string of the molecule is COCc1nc(C)ncc1OC[C@@]1(C2C=CC(F)=CC2)C[C@H]1C(=O)Nc1ccc(F)c(F)c1. The minimum Gasteiger partial charge on any atom is -0.489 e. The zero-order valence-electron chi connectivity index (χ0n) is 18.3. The molecule has 0 spiro atoms. The Morgan fingerprint density at radius 1 is 1.27 bits per heavy atom. The third-order valence-corrected chi connectivity index (χ3v) is 6.14. The van der Waals surface area contributed by atoms with E-state index < -0.39 is 23.0 Å². The number of hydrogen-bond donors (Lipinski definition) is 1. The van der Waals surface area contributed by atoms with E-state index in [-0.39, 0.29) is 36.6 Å². The molecule has 2 aliphatic rings. The zero-order chi connectivity index (χ0) is 23.6. The van der Waals surface area contributed by atoms with E-state index in [1.54, 1.807) is 26.3 Å². The van der Waals surface area contributed by atoms with Gasteiger partial charge in [0.1, 0.15) is 17.3 Å². The maximum absolute atomic E-state index is 13.6. The summed E-state index contributed by atoms with van der Waals surface area (Å²) >= 11 is 0. The molecule has 9 heteroatoms. The first-order valence-corrected chi connectivity index (χ1v) is 10.6. The minimum absolute atomic E-state index is 0.130.